The summed E-state index contributed by atoms with van der Waals surface area (Å²) in [7, 11) is 3.28. The average Bonchev–Trinajstić information content (AvgIpc) is 3.94. The summed E-state index contributed by atoms with van der Waals surface area (Å²) in [4.78, 5) is 77.3. The van der Waals surface area contributed by atoms with E-state index in [-0.39, 0.29) is 111 Å². The van der Waals surface area contributed by atoms with Crippen LogP contribution in [0.2, 0.25) is 0 Å². The molecule has 72 heavy (non-hydrogen) atoms. The number of pyridine rings is 1. The highest BCUT2D eigenvalue weighted by Crippen LogP contribution is 2.42. The van der Waals surface area contributed by atoms with Crippen LogP contribution in [-0.2, 0) is 52.8 Å². The van der Waals surface area contributed by atoms with E-state index in [1.165, 1.54) is 16.0 Å². The van der Waals surface area contributed by atoms with Crippen LogP contribution in [0.4, 0.5) is 0 Å². The fourth-order valence-corrected chi connectivity index (χ4v) is 9.88. The van der Waals surface area contributed by atoms with E-state index in [9.17, 15) is 24.0 Å². The van der Waals surface area contributed by atoms with E-state index in [1.807, 2.05) is 52.0 Å². The summed E-state index contributed by atoms with van der Waals surface area (Å²) in [6.45, 7) is 16.8. The summed E-state index contributed by atoms with van der Waals surface area (Å²) in [5.41, 5.74) is 10.1. The number of rotatable bonds is 10. The molecule has 5 heterocycles. The Balaban J connectivity index is 0.00000355. The van der Waals surface area contributed by atoms with Crippen molar-refractivity contribution >= 4 is 108 Å². The molecular formula is C53H75N7O7S5. The minimum absolute atomic E-state index is 0. The van der Waals surface area contributed by atoms with E-state index >= 15 is 0 Å². The Bertz CT molecular complexity index is 2630. The number of carbonyl (C=O) groups excluding carboxylic acids is 5. The van der Waals surface area contributed by atoms with Gasteiger partial charge in [0.1, 0.15) is 18.1 Å². The van der Waals surface area contributed by atoms with Gasteiger partial charge in [-0.1, -0.05) is 70.5 Å². The van der Waals surface area contributed by atoms with Crippen molar-refractivity contribution in [2.45, 2.75) is 104 Å². The Kier molecular flexibility index (Phi) is 24.4. The number of benzene rings is 2. The lowest BCUT2D eigenvalue weighted by atomic mass is 9.84. The molecule has 2 N–H and O–H groups in total. The molecule has 3 aliphatic rings. The number of aromatic nitrogens is 2. The van der Waals surface area contributed by atoms with Crippen LogP contribution in [-0.4, -0.2) is 112 Å². The van der Waals surface area contributed by atoms with E-state index < -0.39 is 47.2 Å². The molecular weight excluding hydrogens is 1010 g/mol. The molecule has 2 aromatic carbocycles. The Morgan fingerprint density at radius 1 is 1.01 bits per heavy atom. The van der Waals surface area contributed by atoms with Crippen LogP contribution in [0.5, 0.6) is 0 Å². The van der Waals surface area contributed by atoms with Crippen LogP contribution in [0.3, 0.4) is 0 Å². The third-order valence-corrected chi connectivity index (χ3v) is 13.4. The van der Waals surface area contributed by atoms with Gasteiger partial charge in [-0.25, -0.2) is 5.43 Å². The molecule has 7 rings (SSSR count). The van der Waals surface area contributed by atoms with Gasteiger partial charge in [-0.15, -0.1) is 5.92 Å². The lowest BCUT2D eigenvalue weighted by molar-refractivity contribution is -0.155. The van der Waals surface area contributed by atoms with Gasteiger partial charge in [-0.3, -0.25) is 34.0 Å². The number of methoxy groups -OCH3 is 1. The van der Waals surface area contributed by atoms with Crippen molar-refractivity contribution < 1.29 is 33.4 Å². The Morgan fingerprint density at radius 3 is 2.42 bits per heavy atom. The third-order valence-electron chi connectivity index (χ3n) is 13.4. The van der Waals surface area contributed by atoms with Gasteiger partial charge in [0.15, 0.2) is 0 Å². The molecule has 0 radical (unpaired) electrons. The molecule has 6 bridgehead atoms. The summed E-state index contributed by atoms with van der Waals surface area (Å²) < 4.78 is 14.2. The van der Waals surface area contributed by atoms with Crippen molar-refractivity contribution in [1.82, 2.24) is 35.1 Å². The molecule has 14 nitrogen and oxygen atoms in total. The van der Waals surface area contributed by atoms with Crippen molar-refractivity contribution in [3.63, 3.8) is 0 Å². The van der Waals surface area contributed by atoms with Crippen LogP contribution in [0, 0.1) is 29.1 Å². The number of hydrogen-bond donors (Lipinski definition) is 2. The van der Waals surface area contributed by atoms with Gasteiger partial charge in [-0.2, -0.15) is 67.5 Å². The fraction of sp³-hybridized carbons (Fsp3) is 0.472. The molecule has 2 saturated heterocycles. The van der Waals surface area contributed by atoms with Crippen LogP contribution in [0.15, 0.2) is 73.4 Å². The normalized spacial score (nSPS) is 19.2. The molecule has 0 spiro atoms. The highest BCUT2D eigenvalue weighted by molar-refractivity contribution is 7.60. The van der Waals surface area contributed by atoms with Gasteiger partial charge in [0.2, 0.25) is 17.7 Å². The molecule has 4 aromatic rings. The second kappa shape index (κ2) is 27.7. The minimum Gasteiger partial charge on any atom is -0.464 e. The second-order valence-corrected chi connectivity index (χ2v) is 19.2. The molecule has 0 saturated carbocycles. The van der Waals surface area contributed by atoms with Crippen molar-refractivity contribution in [2.75, 3.05) is 40.4 Å². The largest absolute Gasteiger partial charge is 0.464 e. The zero-order valence-corrected chi connectivity index (χ0v) is 47.7. The van der Waals surface area contributed by atoms with E-state index in [0.29, 0.717) is 45.3 Å². The van der Waals surface area contributed by atoms with Gasteiger partial charge >= 0.3 is 5.97 Å². The van der Waals surface area contributed by atoms with Gasteiger partial charge in [0, 0.05) is 68.3 Å². The number of likely N-dealkylation sites (tertiary alicyclic amines) is 1. The van der Waals surface area contributed by atoms with E-state index in [2.05, 4.69) is 77.9 Å². The Morgan fingerprint density at radius 2 is 1.74 bits per heavy atom. The molecule has 4 amide bonds. The first-order valence-electron chi connectivity index (χ1n) is 23.4. The van der Waals surface area contributed by atoms with Crippen LogP contribution in [0.25, 0.3) is 33.3 Å². The first-order chi connectivity index (χ1) is 32.0. The number of nitrogens with zero attached hydrogens (tertiary/aromatic N) is 5. The highest BCUT2D eigenvalue weighted by atomic mass is 32.1. The first-order valence-corrected chi connectivity index (χ1v) is 23.4. The maximum absolute atomic E-state index is 14.7. The maximum Gasteiger partial charge on any atom is 0.324 e. The zero-order chi connectivity index (χ0) is 48.2. The van der Waals surface area contributed by atoms with E-state index in [1.54, 1.807) is 25.3 Å². The third kappa shape index (κ3) is 14.0. The van der Waals surface area contributed by atoms with E-state index in [4.69, 9.17) is 14.5 Å². The van der Waals surface area contributed by atoms with Gasteiger partial charge in [0.25, 0.3) is 5.91 Å². The molecule has 5 atom stereocenters. The van der Waals surface area contributed by atoms with Crippen molar-refractivity contribution in [3.8, 4) is 34.2 Å². The number of esters is 1. The van der Waals surface area contributed by atoms with Crippen molar-refractivity contribution in [3.05, 3.63) is 90.3 Å². The van der Waals surface area contributed by atoms with Gasteiger partial charge in [-0.05, 0) is 98.0 Å². The Hall–Kier alpha value is -4.55. The fourth-order valence-electron chi connectivity index (χ4n) is 9.88. The number of carbonyl (C=O) groups is 5. The van der Waals surface area contributed by atoms with Gasteiger partial charge in [0.05, 0.1) is 36.6 Å². The molecule has 2 fully saturated rings. The summed E-state index contributed by atoms with van der Waals surface area (Å²) >= 11 is 0. The van der Waals surface area contributed by atoms with Crippen molar-refractivity contribution in [1.29, 1.82) is 0 Å². The number of ether oxygens (including phenoxy) is 2. The predicted octanol–water partition coefficient (Wildman–Crippen LogP) is 6.83. The highest BCUT2D eigenvalue weighted by Gasteiger charge is 2.40. The Labute approximate surface area is 460 Å². The first kappa shape index (κ1) is 63.6. The minimum atomic E-state index is -1.06. The number of amides is 4. The molecule has 0 unspecified atom stereocenters. The molecule has 3 aliphatic heterocycles. The van der Waals surface area contributed by atoms with Crippen LogP contribution < -0.4 is 10.7 Å². The predicted molar refractivity (Wildman–Crippen MR) is 310 cm³/mol. The maximum atomic E-state index is 14.7. The molecule has 0 aliphatic carbocycles. The lowest BCUT2D eigenvalue weighted by Crippen LogP contribution is -2.62. The van der Waals surface area contributed by atoms with E-state index in [0.717, 1.165) is 50.1 Å². The number of fused-ring (bicyclic) bond motifs is 6. The number of nitrogens with one attached hydrogen (secondary N) is 2. The van der Waals surface area contributed by atoms with Crippen LogP contribution >= 0.6 is 67.5 Å². The standard InChI is InChI=1S/C53H65N7O7.5H2S/c1-10-12-24-59-44-21-20-37-29-40(44)41(48(59)39-18-14-23-54-46(39)34(5)66-9)30-53(6,7)32-67-52(65)42-19-15-25-60(56-42)51(64)43(28-35-16-13-17-36(37)27-35)55-49(62)47(33(3)4)57(8)50(63)38-22-26-58(31-38)45(61)11-2;;;;;/h11,13-14,16-18,20-21,23,27,29,33-34,38,42-43,47,56H,2,15,19,22,24-26,28,30-32H2,1,3-9H3,(H,55,62);5*1H2/t34-,38-,42-,43-,47-;;;;;/m0...../s1. The summed E-state index contributed by atoms with van der Waals surface area (Å²) in [6.07, 6.45) is 4.88. The van der Waals surface area contributed by atoms with Crippen molar-refractivity contribution in [2.24, 2.45) is 17.3 Å². The zero-order valence-electron chi connectivity index (χ0n) is 42.7. The summed E-state index contributed by atoms with van der Waals surface area (Å²) in [5, 5.41) is 5.52. The smallest absolute Gasteiger partial charge is 0.324 e. The monoisotopic (exact) mass is 1080 g/mol. The second-order valence-electron chi connectivity index (χ2n) is 19.2. The summed E-state index contributed by atoms with van der Waals surface area (Å²) in [5.74, 6) is 3.78. The SMILES string of the molecule is C=CC(=O)N1CC[C@H](C(=O)N(C)[C@H](C(=O)N[C@H]2Cc3cccc(c3)-c3ccc4c(c3)c(c(-c3cccnc3[C@H](C)OC)n4CC#CC)CC(C)(C)COC(=O)[C@@H]3CCCN(N3)C2=O)C(C)C)C1.S.S.S.S.S. The number of hydrazine groups is 1. The summed E-state index contributed by atoms with van der Waals surface area (Å²) in [6, 6.07) is 15.7. The molecule has 2 aromatic heterocycles. The molecule has 394 valence electrons. The number of hydrogen-bond acceptors (Lipinski definition) is 9. The van der Waals surface area contributed by atoms with Gasteiger partial charge < -0.3 is 29.2 Å². The lowest BCUT2D eigenvalue weighted by Gasteiger charge is -2.37. The molecule has 19 heteroatoms. The number of cyclic esters (lactones) is 1. The topological polar surface area (TPSA) is 155 Å². The van der Waals surface area contributed by atoms with Crippen LogP contribution in [0.1, 0.15) is 83.7 Å². The quantitative estimate of drug-likeness (QED) is 0.0989. The number of likely N-dealkylation sites (N-methyl/N-ethyl adjacent to an activating group) is 1. The average molecular weight is 1080 g/mol.